The minimum atomic E-state index is -0.148. The standard InChI is InChI=1S/C15H24FN/c1-5-17-15(9-6-11(2)3)14-8-7-13(16)10-12(14)4/h7-8,10-11,15,17H,5-6,9H2,1-4H3. The molecule has 0 aromatic heterocycles. The quantitative estimate of drug-likeness (QED) is 0.781. The first-order valence-corrected chi connectivity index (χ1v) is 6.54. The summed E-state index contributed by atoms with van der Waals surface area (Å²) in [5.74, 6) is 0.558. The fraction of sp³-hybridized carbons (Fsp3) is 0.600. The van der Waals surface area contributed by atoms with Crippen LogP contribution in [0.4, 0.5) is 4.39 Å². The molecule has 0 spiro atoms. The third kappa shape index (κ3) is 4.47. The Balaban J connectivity index is 2.81. The van der Waals surface area contributed by atoms with E-state index in [4.69, 9.17) is 0 Å². The molecule has 96 valence electrons. The van der Waals surface area contributed by atoms with Gasteiger partial charge in [0.2, 0.25) is 0 Å². The van der Waals surface area contributed by atoms with E-state index in [-0.39, 0.29) is 5.82 Å². The zero-order chi connectivity index (χ0) is 12.8. The molecule has 1 unspecified atom stereocenters. The highest BCUT2D eigenvalue weighted by molar-refractivity contribution is 5.29. The molecule has 0 aliphatic rings. The fourth-order valence-corrected chi connectivity index (χ4v) is 2.14. The van der Waals surface area contributed by atoms with Crippen molar-refractivity contribution in [3.63, 3.8) is 0 Å². The van der Waals surface area contributed by atoms with Crippen molar-refractivity contribution < 1.29 is 4.39 Å². The molecule has 0 saturated heterocycles. The van der Waals surface area contributed by atoms with Gasteiger partial charge >= 0.3 is 0 Å². The predicted octanol–water partition coefficient (Wildman–Crippen LogP) is 4.22. The average Bonchev–Trinajstić information content (AvgIpc) is 2.24. The van der Waals surface area contributed by atoms with Crippen molar-refractivity contribution in [1.82, 2.24) is 5.32 Å². The van der Waals surface area contributed by atoms with E-state index in [0.717, 1.165) is 18.5 Å². The fourth-order valence-electron chi connectivity index (χ4n) is 2.14. The van der Waals surface area contributed by atoms with Crippen LogP contribution < -0.4 is 5.32 Å². The molecule has 0 fully saturated rings. The van der Waals surface area contributed by atoms with Gasteiger partial charge in [0, 0.05) is 6.04 Å². The van der Waals surface area contributed by atoms with Crippen LogP contribution in [0, 0.1) is 18.7 Å². The first-order chi connectivity index (χ1) is 8.04. The molecule has 2 heteroatoms. The molecule has 0 amide bonds. The molecule has 0 saturated carbocycles. The number of benzene rings is 1. The van der Waals surface area contributed by atoms with E-state index >= 15 is 0 Å². The highest BCUT2D eigenvalue weighted by Gasteiger charge is 2.13. The van der Waals surface area contributed by atoms with Crippen molar-refractivity contribution in [2.75, 3.05) is 6.54 Å². The number of nitrogens with one attached hydrogen (secondary N) is 1. The minimum Gasteiger partial charge on any atom is -0.310 e. The minimum absolute atomic E-state index is 0.148. The van der Waals surface area contributed by atoms with E-state index in [1.165, 1.54) is 12.0 Å². The van der Waals surface area contributed by atoms with Crippen molar-refractivity contribution in [2.24, 2.45) is 5.92 Å². The van der Waals surface area contributed by atoms with Crippen LogP contribution in [0.2, 0.25) is 0 Å². The number of hydrogen-bond donors (Lipinski definition) is 1. The second-order valence-electron chi connectivity index (χ2n) is 5.08. The van der Waals surface area contributed by atoms with E-state index < -0.39 is 0 Å². The van der Waals surface area contributed by atoms with Crippen molar-refractivity contribution in [3.8, 4) is 0 Å². The molecular weight excluding hydrogens is 213 g/mol. The third-order valence-corrected chi connectivity index (χ3v) is 3.09. The van der Waals surface area contributed by atoms with E-state index in [2.05, 4.69) is 26.1 Å². The topological polar surface area (TPSA) is 12.0 Å². The van der Waals surface area contributed by atoms with Gasteiger partial charge in [-0.15, -0.1) is 0 Å². The van der Waals surface area contributed by atoms with Gasteiger partial charge in [0.05, 0.1) is 0 Å². The first kappa shape index (κ1) is 14.2. The van der Waals surface area contributed by atoms with Gasteiger partial charge in [-0.25, -0.2) is 4.39 Å². The highest BCUT2D eigenvalue weighted by Crippen LogP contribution is 2.24. The van der Waals surface area contributed by atoms with Gasteiger partial charge in [-0.05, 0) is 55.5 Å². The maximum absolute atomic E-state index is 13.1. The molecule has 1 rings (SSSR count). The highest BCUT2D eigenvalue weighted by atomic mass is 19.1. The van der Waals surface area contributed by atoms with Gasteiger partial charge in [0.1, 0.15) is 5.82 Å². The molecule has 1 atom stereocenters. The second kappa shape index (κ2) is 6.75. The van der Waals surface area contributed by atoms with Crippen molar-refractivity contribution in [3.05, 3.63) is 35.1 Å². The lowest BCUT2D eigenvalue weighted by Crippen LogP contribution is -2.22. The van der Waals surface area contributed by atoms with Gasteiger partial charge < -0.3 is 5.32 Å². The molecule has 0 aliphatic heterocycles. The predicted molar refractivity (Wildman–Crippen MR) is 71.6 cm³/mol. The lowest BCUT2D eigenvalue weighted by molar-refractivity contribution is 0.446. The molecule has 0 bridgehead atoms. The maximum atomic E-state index is 13.1. The van der Waals surface area contributed by atoms with Gasteiger partial charge in [0.25, 0.3) is 0 Å². The van der Waals surface area contributed by atoms with E-state index in [1.54, 1.807) is 12.1 Å². The third-order valence-electron chi connectivity index (χ3n) is 3.09. The summed E-state index contributed by atoms with van der Waals surface area (Å²) in [6.45, 7) is 9.51. The molecule has 1 aromatic rings. The molecule has 1 nitrogen and oxygen atoms in total. The van der Waals surface area contributed by atoms with Crippen LogP contribution >= 0.6 is 0 Å². The lowest BCUT2D eigenvalue weighted by atomic mass is 9.94. The van der Waals surface area contributed by atoms with Crippen molar-refractivity contribution in [2.45, 2.75) is 46.6 Å². The molecule has 0 heterocycles. The number of aryl methyl sites for hydroxylation is 1. The van der Waals surface area contributed by atoms with E-state index in [0.29, 0.717) is 12.0 Å². The Morgan fingerprint density at radius 2 is 1.94 bits per heavy atom. The average molecular weight is 237 g/mol. The molecule has 1 aromatic carbocycles. The maximum Gasteiger partial charge on any atom is 0.123 e. The number of halogens is 1. The van der Waals surface area contributed by atoms with Crippen molar-refractivity contribution in [1.29, 1.82) is 0 Å². The summed E-state index contributed by atoms with van der Waals surface area (Å²) in [6, 6.07) is 5.44. The summed E-state index contributed by atoms with van der Waals surface area (Å²) in [7, 11) is 0. The lowest BCUT2D eigenvalue weighted by Gasteiger charge is -2.21. The zero-order valence-corrected chi connectivity index (χ0v) is 11.4. The SMILES string of the molecule is CCNC(CCC(C)C)c1ccc(F)cc1C. The van der Waals surface area contributed by atoms with Gasteiger partial charge in [-0.2, -0.15) is 0 Å². The monoisotopic (exact) mass is 237 g/mol. The smallest absolute Gasteiger partial charge is 0.123 e. The first-order valence-electron chi connectivity index (χ1n) is 6.54. The Kier molecular flexibility index (Phi) is 5.63. The summed E-state index contributed by atoms with van der Waals surface area (Å²) < 4.78 is 13.1. The summed E-state index contributed by atoms with van der Waals surface area (Å²) in [5, 5.41) is 3.49. The van der Waals surface area contributed by atoms with Crippen LogP contribution in [0.3, 0.4) is 0 Å². The molecular formula is C15H24FN. The molecule has 1 N–H and O–H groups in total. The van der Waals surface area contributed by atoms with Crippen LogP contribution in [0.25, 0.3) is 0 Å². The van der Waals surface area contributed by atoms with Crippen LogP contribution in [0.15, 0.2) is 18.2 Å². The zero-order valence-electron chi connectivity index (χ0n) is 11.4. The van der Waals surface area contributed by atoms with Crippen LogP contribution in [-0.4, -0.2) is 6.54 Å². The Bertz CT molecular complexity index is 347. The van der Waals surface area contributed by atoms with Gasteiger partial charge in [0.15, 0.2) is 0 Å². The van der Waals surface area contributed by atoms with E-state index in [1.807, 2.05) is 13.0 Å². The number of rotatable bonds is 6. The molecule has 17 heavy (non-hydrogen) atoms. The van der Waals surface area contributed by atoms with Crippen LogP contribution in [0.5, 0.6) is 0 Å². The normalized spacial score (nSPS) is 13.1. The Hall–Kier alpha value is -0.890. The Labute approximate surface area is 104 Å². The second-order valence-corrected chi connectivity index (χ2v) is 5.08. The van der Waals surface area contributed by atoms with Crippen LogP contribution in [-0.2, 0) is 0 Å². The Morgan fingerprint density at radius 3 is 2.47 bits per heavy atom. The van der Waals surface area contributed by atoms with Crippen molar-refractivity contribution >= 4 is 0 Å². The van der Waals surface area contributed by atoms with Gasteiger partial charge in [-0.1, -0.05) is 26.8 Å². The largest absolute Gasteiger partial charge is 0.310 e. The number of hydrogen-bond acceptors (Lipinski definition) is 1. The van der Waals surface area contributed by atoms with Crippen LogP contribution in [0.1, 0.15) is 50.8 Å². The summed E-state index contributed by atoms with van der Waals surface area (Å²) in [6.07, 6.45) is 2.30. The Morgan fingerprint density at radius 1 is 1.24 bits per heavy atom. The molecule has 0 radical (unpaired) electrons. The van der Waals surface area contributed by atoms with Gasteiger partial charge in [-0.3, -0.25) is 0 Å². The summed E-state index contributed by atoms with van der Waals surface area (Å²) in [4.78, 5) is 0. The van der Waals surface area contributed by atoms with E-state index in [9.17, 15) is 4.39 Å². The summed E-state index contributed by atoms with van der Waals surface area (Å²) >= 11 is 0. The molecule has 0 aliphatic carbocycles. The summed E-state index contributed by atoms with van der Waals surface area (Å²) in [5.41, 5.74) is 2.27.